The molecule has 1 aromatic heterocycles. The van der Waals surface area contributed by atoms with Crippen molar-refractivity contribution in [3.63, 3.8) is 0 Å². The van der Waals surface area contributed by atoms with Crippen LogP contribution in [0.25, 0.3) is 10.9 Å². The van der Waals surface area contributed by atoms with Gasteiger partial charge in [-0.3, -0.25) is 9.59 Å². The van der Waals surface area contributed by atoms with Gasteiger partial charge in [0, 0.05) is 26.3 Å². The summed E-state index contributed by atoms with van der Waals surface area (Å²) >= 11 is 0. The molecule has 0 aliphatic rings. The number of amides is 1. The predicted molar refractivity (Wildman–Crippen MR) is 119 cm³/mol. The van der Waals surface area contributed by atoms with Crippen molar-refractivity contribution in [1.29, 1.82) is 0 Å². The van der Waals surface area contributed by atoms with Crippen LogP contribution in [0.3, 0.4) is 0 Å². The van der Waals surface area contributed by atoms with Crippen LogP contribution in [0.1, 0.15) is 12.7 Å². The van der Waals surface area contributed by atoms with Gasteiger partial charge in [-0.25, -0.2) is 13.4 Å². The van der Waals surface area contributed by atoms with Gasteiger partial charge in [-0.2, -0.15) is 4.31 Å². The number of carbonyl (C=O) groups excluding carboxylic acids is 1. The van der Waals surface area contributed by atoms with Gasteiger partial charge in [0.1, 0.15) is 16.5 Å². The van der Waals surface area contributed by atoms with Crippen LogP contribution < -0.4 is 15.6 Å². The maximum absolute atomic E-state index is 13.6. The molecule has 0 fully saturated rings. The van der Waals surface area contributed by atoms with Gasteiger partial charge >= 0.3 is 0 Å². The number of aromatic amines is 1. The van der Waals surface area contributed by atoms with Crippen LogP contribution in [0.4, 0.5) is 5.69 Å². The van der Waals surface area contributed by atoms with Crippen molar-refractivity contribution in [3.05, 3.63) is 58.6 Å². The Morgan fingerprint density at radius 3 is 2.62 bits per heavy atom. The van der Waals surface area contributed by atoms with E-state index >= 15 is 0 Å². The molecule has 0 atom stereocenters. The number of methoxy groups -OCH3 is 2. The molecular weight excluding hydrogens is 436 g/mol. The fraction of sp³-hybridized carbons (Fsp3) is 0.286. The van der Waals surface area contributed by atoms with Crippen LogP contribution in [-0.4, -0.2) is 56.0 Å². The number of anilines is 1. The third-order valence-electron chi connectivity index (χ3n) is 4.63. The molecule has 170 valence electrons. The summed E-state index contributed by atoms with van der Waals surface area (Å²) < 4.78 is 38.6. The third-order valence-corrected chi connectivity index (χ3v) is 6.50. The number of nitrogens with zero attached hydrogens (tertiary/aromatic N) is 2. The normalized spacial score (nSPS) is 11.6. The molecule has 11 heteroatoms. The highest BCUT2D eigenvalue weighted by molar-refractivity contribution is 7.89. The molecule has 32 heavy (non-hydrogen) atoms. The molecule has 2 aromatic carbocycles. The average Bonchev–Trinajstić information content (AvgIpc) is 2.76. The Bertz CT molecular complexity index is 1290. The Morgan fingerprint density at radius 2 is 1.94 bits per heavy atom. The molecular formula is C21H24N4O6S. The first kappa shape index (κ1) is 23.4. The Labute approximate surface area is 185 Å². The van der Waals surface area contributed by atoms with Crippen LogP contribution in [-0.2, 0) is 26.1 Å². The minimum absolute atomic E-state index is 0.00287. The van der Waals surface area contributed by atoms with E-state index in [1.54, 1.807) is 30.3 Å². The van der Waals surface area contributed by atoms with Crippen LogP contribution in [0.15, 0.2) is 52.2 Å². The average molecular weight is 461 g/mol. The van der Waals surface area contributed by atoms with Crippen molar-refractivity contribution in [2.75, 3.05) is 32.7 Å². The van der Waals surface area contributed by atoms with Gasteiger partial charge in [-0.05, 0) is 30.3 Å². The number of rotatable bonds is 9. The van der Waals surface area contributed by atoms with E-state index in [1.165, 1.54) is 33.3 Å². The quantitative estimate of drug-likeness (QED) is 0.497. The maximum Gasteiger partial charge on any atom is 0.258 e. The van der Waals surface area contributed by atoms with Crippen LogP contribution >= 0.6 is 0 Å². The zero-order chi connectivity index (χ0) is 23.3. The van der Waals surface area contributed by atoms with Crippen LogP contribution in [0.5, 0.6) is 5.75 Å². The third kappa shape index (κ3) is 5.13. The van der Waals surface area contributed by atoms with Gasteiger partial charge in [-0.15, -0.1) is 0 Å². The molecule has 0 saturated heterocycles. The lowest BCUT2D eigenvalue weighted by Gasteiger charge is -2.23. The van der Waals surface area contributed by atoms with E-state index in [4.69, 9.17) is 9.47 Å². The summed E-state index contributed by atoms with van der Waals surface area (Å²) in [4.78, 5) is 30.7. The van der Waals surface area contributed by atoms with E-state index in [-0.39, 0.29) is 47.6 Å². The first-order chi connectivity index (χ1) is 15.3. The number of aromatic nitrogens is 2. The fourth-order valence-corrected chi connectivity index (χ4v) is 4.72. The lowest BCUT2D eigenvalue weighted by Crippen LogP contribution is -2.35. The highest BCUT2D eigenvalue weighted by atomic mass is 32.2. The summed E-state index contributed by atoms with van der Waals surface area (Å²) in [6.45, 7) is 1.25. The summed E-state index contributed by atoms with van der Waals surface area (Å²) in [6.07, 6.45) is 0. The molecule has 0 unspecified atom stereocenters. The minimum atomic E-state index is -4.12. The molecule has 3 rings (SSSR count). The molecule has 3 aromatic rings. The second-order valence-corrected chi connectivity index (χ2v) is 8.81. The fourth-order valence-electron chi connectivity index (χ4n) is 3.15. The number of fused-ring (bicyclic) bond motifs is 1. The molecule has 0 aliphatic heterocycles. The van der Waals surface area contributed by atoms with E-state index in [0.29, 0.717) is 16.6 Å². The van der Waals surface area contributed by atoms with Gasteiger partial charge in [-0.1, -0.05) is 12.1 Å². The molecule has 2 N–H and O–H groups in total. The highest BCUT2D eigenvalue weighted by Gasteiger charge is 2.29. The zero-order valence-corrected chi connectivity index (χ0v) is 18.7. The highest BCUT2D eigenvalue weighted by Crippen LogP contribution is 2.30. The topological polar surface area (TPSA) is 131 Å². The van der Waals surface area contributed by atoms with Gasteiger partial charge in [0.05, 0.1) is 31.2 Å². The number of nitrogens with one attached hydrogen (secondary N) is 2. The number of carbonyl (C=O) groups is 1. The number of sulfonamides is 1. The molecule has 0 spiro atoms. The van der Waals surface area contributed by atoms with Crippen molar-refractivity contribution in [1.82, 2.24) is 14.3 Å². The molecule has 0 radical (unpaired) electrons. The van der Waals surface area contributed by atoms with Crippen LogP contribution in [0, 0.1) is 0 Å². The molecule has 0 aliphatic carbocycles. The van der Waals surface area contributed by atoms with Gasteiger partial charge in [0.2, 0.25) is 15.9 Å². The number of hydrogen-bond acceptors (Lipinski definition) is 7. The lowest BCUT2D eigenvalue weighted by atomic mass is 10.2. The standard InChI is InChI=1S/C21H24N4O6S/c1-14(26)22-15-8-9-18(31-3)19(12-15)32(28,29)25(10-11-30-2)13-20-23-17-7-5-4-6-16(17)21(27)24-20/h4-9,12H,10-11,13H2,1-3H3,(H,22,26)(H,23,24,27). The number of hydrogen-bond donors (Lipinski definition) is 2. The Kier molecular flexibility index (Phi) is 7.23. The predicted octanol–water partition coefficient (Wildman–Crippen LogP) is 1.73. The number of H-pyrrole nitrogens is 1. The maximum atomic E-state index is 13.6. The number of ether oxygens (including phenoxy) is 2. The SMILES string of the molecule is COCCN(Cc1nc2ccccc2c(=O)[nH]1)S(=O)(=O)c1cc(NC(C)=O)ccc1OC. The number of benzene rings is 2. The second-order valence-electron chi connectivity index (χ2n) is 6.91. The Morgan fingerprint density at radius 1 is 1.19 bits per heavy atom. The largest absolute Gasteiger partial charge is 0.495 e. The Balaban J connectivity index is 2.05. The van der Waals surface area contributed by atoms with E-state index < -0.39 is 10.0 Å². The smallest absolute Gasteiger partial charge is 0.258 e. The first-order valence-electron chi connectivity index (χ1n) is 9.69. The number of para-hydroxylation sites is 1. The van der Waals surface area contributed by atoms with Gasteiger partial charge < -0.3 is 19.8 Å². The van der Waals surface area contributed by atoms with Crippen molar-refractivity contribution >= 4 is 32.5 Å². The van der Waals surface area contributed by atoms with E-state index in [0.717, 1.165) is 4.31 Å². The molecule has 1 heterocycles. The van der Waals surface area contributed by atoms with Crippen molar-refractivity contribution in [2.24, 2.45) is 0 Å². The lowest BCUT2D eigenvalue weighted by molar-refractivity contribution is -0.114. The minimum Gasteiger partial charge on any atom is -0.495 e. The van der Waals surface area contributed by atoms with E-state index in [2.05, 4.69) is 15.3 Å². The van der Waals surface area contributed by atoms with Gasteiger partial charge in [0.25, 0.3) is 5.56 Å². The van der Waals surface area contributed by atoms with Crippen LogP contribution in [0.2, 0.25) is 0 Å². The van der Waals surface area contributed by atoms with Gasteiger partial charge in [0.15, 0.2) is 0 Å². The summed E-state index contributed by atoms with van der Waals surface area (Å²) in [7, 11) is -1.31. The summed E-state index contributed by atoms with van der Waals surface area (Å²) in [6, 6.07) is 11.1. The van der Waals surface area contributed by atoms with Crippen molar-refractivity contribution in [2.45, 2.75) is 18.4 Å². The van der Waals surface area contributed by atoms with Crippen molar-refractivity contribution in [3.8, 4) is 5.75 Å². The molecule has 1 amide bonds. The second kappa shape index (κ2) is 9.90. The first-order valence-corrected chi connectivity index (χ1v) is 11.1. The Hall–Kier alpha value is -3.28. The van der Waals surface area contributed by atoms with E-state index in [1.807, 2.05) is 0 Å². The summed E-state index contributed by atoms with van der Waals surface area (Å²) in [5.74, 6) is -0.0421. The summed E-state index contributed by atoms with van der Waals surface area (Å²) in [5, 5.41) is 2.98. The van der Waals surface area contributed by atoms with Crippen molar-refractivity contribution < 1.29 is 22.7 Å². The van der Waals surface area contributed by atoms with E-state index in [9.17, 15) is 18.0 Å². The molecule has 0 saturated carbocycles. The molecule has 10 nitrogen and oxygen atoms in total. The zero-order valence-electron chi connectivity index (χ0n) is 17.9. The monoisotopic (exact) mass is 460 g/mol. The molecule has 0 bridgehead atoms. The summed E-state index contributed by atoms with van der Waals surface area (Å²) in [5.41, 5.74) is 0.404.